The summed E-state index contributed by atoms with van der Waals surface area (Å²) in [4.78, 5) is 17.1. The molecule has 0 spiro atoms. The Kier molecular flexibility index (Phi) is 6.56. The zero-order valence-corrected chi connectivity index (χ0v) is 14.8. The number of anilines is 1. The molecule has 0 unspecified atom stereocenters. The summed E-state index contributed by atoms with van der Waals surface area (Å²) in [6.07, 6.45) is 4.90. The van der Waals surface area contributed by atoms with Crippen LogP contribution in [-0.2, 0) is 11.2 Å². The van der Waals surface area contributed by atoms with E-state index in [2.05, 4.69) is 10.3 Å². The molecule has 0 aliphatic rings. The summed E-state index contributed by atoms with van der Waals surface area (Å²) >= 11 is 3.04. The first-order valence-corrected chi connectivity index (χ1v) is 9.45. The Labute approximate surface area is 143 Å². The van der Waals surface area contributed by atoms with Gasteiger partial charge in [-0.05, 0) is 42.5 Å². The molecule has 1 aromatic heterocycles. The number of rotatable bonds is 7. The maximum absolute atomic E-state index is 13.6. The van der Waals surface area contributed by atoms with Gasteiger partial charge in [0.2, 0.25) is 5.91 Å². The van der Waals surface area contributed by atoms with Gasteiger partial charge in [0.1, 0.15) is 5.82 Å². The molecule has 1 atom stereocenters. The van der Waals surface area contributed by atoms with Crippen LogP contribution >= 0.6 is 23.1 Å². The van der Waals surface area contributed by atoms with Gasteiger partial charge in [0.25, 0.3) is 0 Å². The van der Waals surface area contributed by atoms with Crippen LogP contribution in [0.15, 0.2) is 24.4 Å². The maximum atomic E-state index is 13.6. The summed E-state index contributed by atoms with van der Waals surface area (Å²) < 4.78 is 13.6. The maximum Gasteiger partial charge on any atom is 0.243 e. The van der Waals surface area contributed by atoms with Gasteiger partial charge in [-0.25, -0.2) is 9.37 Å². The summed E-state index contributed by atoms with van der Waals surface area (Å²) in [6, 6.07) is 4.67. The summed E-state index contributed by atoms with van der Waals surface area (Å²) in [7, 11) is 0. The van der Waals surface area contributed by atoms with Gasteiger partial charge < -0.3 is 11.1 Å². The van der Waals surface area contributed by atoms with E-state index in [4.69, 9.17) is 5.73 Å². The molecule has 1 heterocycles. The normalized spacial score (nSPS) is 12.2. The van der Waals surface area contributed by atoms with E-state index in [1.54, 1.807) is 30.9 Å². The fourth-order valence-corrected chi connectivity index (χ4v) is 3.31. The van der Waals surface area contributed by atoms with Gasteiger partial charge in [-0.1, -0.05) is 12.1 Å². The number of hydrogen-bond donors (Lipinski definition) is 2. The molecule has 0 aliphatic carbocycles. The van der Waals surface area contributed by atoms with Crippen LogP contribution in [0.3, 0.4) is 0 Å². The first-order valence-electron chi connectivity index (χ1n) is 7.24. The second-order valence-corrected chi connectivity index (χ2v) is 7.37. The van der Waals surface area contributed by atoms with Crippen molar-refractivity contribution in [1.29, 1.82) is 0 Å². The largest absolute Gasteiger partial charge is 0.320 e. The molecule has 0 aliphatic heterocycles. The predicted molar refractivity (Wildman–Crippen MR) is 95.7 cm³/mol. The highest BCUT2D eigenvalue weighted by atomic mass is 32.2. The van der Waals surface area contributed by atoms with Crippen molar-refractivity contribution in [1.82, 2.24) is 4.98 Å². The number of amides is 1. The van der Waals surface area contributed by atoms with Crippen molar-refractivity contribution in [2.45, 2.75) is 25.8 Å². The Morgan fingerprint density at radius 2 is 2.30 bits per heavy atom. The van der Waals surface area contributed by atoms with Gasteiger partial charge in [-0.2, -0.15) is 11.8 Å². The lowest BCUT2D eigenvalue weighted by Gasteiger charge is -2.09. The Balaban J connectivity index is 1.95. The van der Waals surface area contributed by atoms with Crippen molar-refractivity contribution < 1.29 is 9.18 Å². The Morgan fingerprint density at radius 1 is 1.52 bits per heavy atom. The van der Waals surface area contributed by atoms with Crippen LogP contribution < -0.4 is 11.1 Å². The lowest BCUT2D eigenvalue weighted by atomic mass is 10.1. The van der Waals surface area contributed by atoms with E-state index < -0.39 is 6.04 Å². The van der Waals surface area contributed by atoms with Crippen LogP contribution in [0, 0.1) is 12.7 Å². The molecule has 0 bridgehead atoms. The molecule has 0 fully saturated rings. The molecule has 2 rings (SSSR count). The van der Waals surface area contributed by atoms with Crippen LogP contribution in [0.1, 0.15) is 22.4 Å². The minimum Gasteiger partial charge on any atom is -0.320 e. The number of aryl methyl sites for hydroxylation is 1. The van der Waals surface area contributed by atoms with Gasteiger partial charge >= 0.3 is 0 Å². The number of nitrogens with one attached hydrogen (secondary N) is 1. The minimum atomic E-state index is -0.527. The number of carbonyl (C=O) groups is 1. The average Bonchev–Trinajstić information content (AvgIpc) is 2.95. The first kappa shape index (κ1) is 17.9. The number of benzene rings is 1. The highest BCUT2D eigenvalue weighted by Gasteiger charge is 2.15. The Bertz CT molecular complexity index is 675. The van der Waals surface area contributed by atoms with Gasteiger partial charge in [-0.15, -0.1) is 11.3 Å². The van der Waals surface area contributed by atoms with Crippen LogP contribution in [0.25, 0.3) is 0 Å². The standard InChI is InChI=1S/C16H20FN3OS2/c1-10-3-4-11(8-13(10)17)7-12-9-19-16(23-12)20-15(21)14(18)5-6-22-2/h3-4,8-9,14H,5-7,18H2,1-2H3,(H,19,20,21)/t14-/m0/s1. The quantitative estimate of drug-likeness (QED) is 0.802. The van der Waals surface area contributed by atoms with Crippen LogP contribution in [0.2, 0.25) is 0 Å². The summed E-state index contributed by atoms with van der Waals surface area (Å²) in [5, 5.41) is 3.26. The third kappa shape index (κ3) is 5.30. The van der Waals surface area contributed by atoms with E-state index in [-0.39, 0.29) is 11.7 Å². The van der Waals surface area contributed by atoms with E-state index in [1.165, 1.54) is 17.4 Å². The topological polar surface area (TPSA) is 68.0 Å². The number of thioether (sulfide) groups is 1. The van der Waals surface area contributed by atoms with E-state index in [0.717, 1.165) is 16.2 Å². The first-order chi connectivity index (χ1) is 11.0. The average molecular weight is 353 g/mol. The molecule has 7 heteroatoms. The fourth-order valence-electron chi connectivity index (χ4n) is 1.97. The zero-order chi connectivity index (χ0) is 16.8. The SMILES string of the molecule is CSCC[C@H](N)C(=O)Nc1ncc(Cc2ccc(C)c(F)c2)s1. The Morgan fingerprint density at radius 3 is 3.00 bits per heavy atom. The molecule has 2 aromatic rings. The molecule has 1 aromatic carbocycles. The van der Waals surface area contributed by atoms with Gasteiger partial charge in [0, 0.05) is 17.5 Å². The van der Waals surface area contributed by atoms with Crippen LogP contribution in [0.4, 0.5) is 9.52 Å². The van der Waals surface area contributed by atoms with Crippen molar-refractivity contribution in [3.8, 4) is 0 Å². The van der Waals surface area contributed by atoms with Crippen LogP contribution in [-0.4, -0.2) is 28.9 Å². The molecule has 4 nitrogen and oxygen atoms in total. The molecule has 0 saturated heterocycles. The Hall–Kier alpha value is -1.44. The second kappa shape index (κ2) is 8.42. The highest BCUT2D eigenvalue weighted by Crippen LogP contribution is 2.22. The summed E-state index contributed by atoms with van der Waals surface area (Å²) in [5.41, 5.74) is 7.33. The van der Waals surface area contributed by atoms with Crippen LogP contribution in [0.5, 0.6) is 0 Å². The van der Waals surface area contributed by atoms with Gasteiger partial charge in [0.15, 0.2) is 5.13 Å². The number of thiazole rings is 1. The number of carbonyl (C=O) groups excluding carboxylic acids is 1. The molecular formula is C16H20FN3OS2. The number of nitrogens with zero attached hydrogens (tertiary/aromatic N) is 1. The smallest absolute Gasteiger partial charge is 0.243 e. The van der Waals surface area contributed by atoms with Crippen molar-refractivity contribution in [2.75, 3.05) is 17.3 Å². The van der Waals surface area contributed by atoms with Crippen molar-refractivity contribution in [2.24, 2.45) is 5.73 Å². The summed E-state index contributed by atoms with van der Waals surface area (Å²) in [5.74, 6) is 0.415. The van der Waals surface area contributed by atoms with E-state index in [9.17, 15) is 9.18 Å². The molecule has 1 amide bonds. The lowest BCUT2D eigenvalue weighted by molar-refractivity contribution is -0.117. The van der Waals surface area contributed by atoms with Crippen molar-refractivity contribution >= 4 is 34.1 Å². The van der Waals surface area contributed by atoms with E-state index in [1.807, 2.05) is 12.3 Å². The predicted octanol–water partition coefficient (Wildman–Crippen LogP) is 3.20. The van der Waals surface area contributed by atoms with Gasteiger partial charge in [-0.3, -0.25) is 4.79 Å². The second-order valence-electron chi connectivity index (χ2n) is 5.27. The molecule has 3 N–H and O–H groups in total. The number of aromatic nitrogens is 1. The summed E-state index contributed by atoms with van der Waals surface area (Å²) in [6.45, 7) is 1.74. The molecule has 0 saturated carbocycles. The fraction of sp³-hybridized carbons (Fsp3) is 0.375. The monoisotopic (exact) mass is 353 g/mol. The number of halogens is 1. The molecule has 124 valence electrons. The molecular weight excluding hydrogens is 333 g/mol. The van der Waals surface area contributed by atoms with Gasteiger partial charge in [0.05, 0.1) is 6.04 Å². The van der Waals surface area contributed by atoms with Crippen molar-refractivity contribution in [3.05, 3.63) is 46.2 Å². The van der Waals surface area contributed by atoms with E-state index >= 15 is 0 Å². The third-order valence-corrected chi connectivity index (χ3v) is 4.92. The van der Waals surface area contributed by atoms with Crippen molar-refractivity contribution in [3.63, 3.8) is 0 Å². The lowest BCUT2D eigenvalue weighted by Crippen LogP contribution is -2.36. The highest BCUT2D eigenvalue weighted by molar-refractivity contribution is 7.98. The number of hydrogen-bond acceptors (Lipinski definition) is 5. The molecule has 23 heavy (non-hydrogen) atoms. The zero-order valence-electron chi connectivity index (χ0n) is 13.1. The van der Waals surface area contributed by atoms with E-state index in [0.29, 0.717) is 23.5 Å². The third-order valence-electron chi connectivity index (χ3n) is 3.37. The molecule has 0 radical (unpaired) electrons. The minimum absolute atomic E-state index is 0.208. The number of nitrogens with two attached hydrogens (primary N) is 1.